The third-order valence-electron chi connectivity index (χ3n) is 4.25. The van der Waals surface area contributed by atoms with E-state index in [4.69, 9.17) is 0 Å². The van der Waals surface area contributed by atoms with Crippen LogP contribution in [0.5, 0.6) is 0 Å². The smallest absolute Gasteiger partial charge is 0.355 e. The van der Waals surface area contributed by atoms with Crippen molar-refractivity contribution in [2.45, 2.75) is 50.2 Å². The molecule has 2 fully saturated rings. The summed E-state index contributed by atoms with van der Waals surface area (Å²) in [5, 5.41) is 6.09. The molecule has 2 saturated heterocycles. The maximum atomic E-state index is 12.3. The van der Waals surface area contributed by atoms with E-state index in [1.54, 1.807) is 0 Å². The van der Waals surface area contributed by atoms with Crippen molar-refractivity contribution in [2.24, 2.45) is 5.41 Å². The Morgan fingerprint density at radius 1 is 1.47 bits per heavy atom. The van der Waals surface area contributed by atoms with Gasteiger partial charge in [0.2, 0.25) is 5.91 Å². The fraction of sp³-hybridized carbons (Fsp3) is 0.917. The average molecular weight is 296 g/mol. The number of halogens is 3. The fourth-order valence-electron chi connectivity index (χ4n) is 3.31. The van der Waals surface area contributed by atoms with Crippen LogP contribution in [0.15, 0.2) is 0 Å². The van der Waals surface area contributed by atoms with Crippen LogP contribution in [-0.4, -0.2) is 35.8 Å². The van der Waals surface area contributed by atoms with E-state index in [1.165, 1.54) is 0 Å². The number of carbonyl (C=O) groups is 1. The van der Waals surface area contributed by atoms with E-state index < -0.39 is 10.9 Å². The first-order valence-electron chi connectivity index (χ1n) is 6.62. The molecule has 2 rings (SSSR count). The van der Waals surface area contributed by atoms with Gasteiger partial charge >= 0.3 is 5.51 Å². The van der Waals surface area contributed by atoms with Crippen molar-refractivity contribution in [3.05, 3.63) is 0 Å². The van der Waals surface area contributed by atoms with Gasteiger partial charge in [-0.25, -0.2) is 0 Å². The Hall–Kier alpha value is -0.430. The normalized spacial score (nSPS) is 33.7. The maximum Gasteiger partial charge on any atom is 0.441 e. The highest BCUT2D eigenvalue weighted by Crippen LogP contribution is 2.45. The molecule has 2 aliphatic rings. The summed E-state index contributed by atoms with van der Waals surface area (Å²) in [4.78, 5) is 12.3. The van der Waals surface area contributed by atoms with Gasteiger partial charge in [0, 0.05) is 24.4 Å². The van der Waals surface area contributed by atoms with E-state index in [0.717, 1.165) is 25.7 Å². The van der Waals surface area contributed by atoms with Gasteiger partial charge in [-0.05, 0) is 37.4 Å². The van der Waals surface area contributed by atoms with E-state index in [2.05, 4.69) is 10.6 Å². The van der Waals surface area contributed by atoms with Gasteiger partial charge in [0.15, 0.2) is 0 Å². The lowest BCUT2D eigenvalue weighted by atomic mass is 9.71. The summed E-state index contributed by atoms with van der Waals surface area (Å²) in [6.45, 7) is 2.05. The Morgan fingerprint density at radius 2 is 2.21 bits per heavy atom. The van der Waals surface area contributed by atoms with Crippen LogP contribution in [0.4, 0.5) is 13.2 Å². The molecule has 0 aromatic carbocycles. The second kappa shape index (κ2) is 5.52. The maximum absolute atomic E-state index is 12.3. The molecule has 2 aliphatic heterocycles. The summed E-state index contributed by atoms with van der Waals surface area (Å²) in [7, 11) is 0. The lowest BCUT2D eigenvalue weighted by molar-refractivity contribution is -0.132. The summed E-state index contributed by atoms with van der Waals surface area (Å²) in [6.07, 6.45) is 3.64. The van der Waals surface area contributed by atoms with Gasteiger partial charge in [0.1, 0.15) is 0 Å². The number of hydrogen-bond acceptors (Lipinski definition) is 3. The number of amides is 1. The SMILES string of the molecule is CC[C@@]1(C(=O)NCCSC(F)(F)F)C[C@@H]2CC[C@H]1N2. The van der Waals surface area contributed by atoms with Crippen molar-refractivity contribution < 1.29 is 18.0 Å². The van der Waals surface area contributed by atoms with Crippen molar-refractivity contribution in [1.82, 2.24) is 10.6 Å². The Labute approximate surface area is 115 Å². The second-order valence-electron chi connectivity index (χ2n) is 5.26. The first kappa shape index (κ1) is 15.0. The van der Waals surface area contributed by atoms with Crippen LogP contribution in [0, 0.1) is 5.41 Å². The molecule has 19 heavy (non-hydrogen) atoms. The zero-order valence-corrected chi connectivity index (χ0v) is 11.7. The van der Waals surface area contributed by atoms with Gasteiger partial charge in [-0.2, -0.15) is 13.2 Å². The average Bonchev–Trinajstić information content (AvgIpc) is 2.93. The second-order valence-corrected chi connectivity index (χ2v) is 6.42. The molecule has 0 aromatic rings. The Balaban J connectivity index is 1.82. The molecular formula is C12H19F3N2OS. The summed E-state index contributed by atoms with van der Waals surface area (Å²) in [5.74, 6) is -0.214. The van der Waals surface area contributed by atoms with E-state index in [0.29, 0.717) is 6.04 Å². The Kier molecular flexibility index (Phi) is 4.35. The Morgan fingerprint density at radius 3 is 2.68 bits per heavy atom. The zero-order chi connectivity index (χ0) is 14.1. The van der Waals surface area contributed by atoms with Gasteiger partial charge in [-0.15, -0.1) is 0 Å². The minimum atomic E-state index is -4.22. The third kappa shape index (κ3) is 3.18. The first-order chi connectivity index (χ1) is 8.87. The van der Waals surface area contributed by atoms with E-state index in [-0.39, 0.29) is 36.0 Å². The summed E-state index contributed by atoms with van der Waals surface area (Å²) >= 11 is -0.0904. The number of rotatable bonds is 5. The minimum Gasteiger partial charge on any atom is -0.355 e. The van der Waals surface area contributed by atoms with Crippen LogP contribution < -0.4 is 10.6 Å². The van der Waals surface area contributed by atoms with Crippen molar-refractivity contribution >= 4 is 17.7 Å². The first-order valence-corrected chi connectivity index (χ1v) is 7.61. The molecule has 0 aromatic heterocycles. The van der Waals surface area contributed by atoms with E-state index in [9.17, 15) is 18.0 Å². The molecule has 0 spiro atoms. The molecule has 3 atom stereocenters. The van der Waals surface area contributed by atoms with Crippen molar-refractivity contribution in [2.75, 3.05) is 12.3 Å². The van der Waals surface area contributed by atoms with Gasteiger partial charge < -0.3 is 10.6 Å². The lowest BCUT2D eigenvalue weighted by Crippen LogP contribution is -2.48. The number of alkyl halides is 3. The number of nitrogens with one attached hydrogen (secondary N) is 2. The van der Waals surface area contributed by atoms with Gasteiger partial charge in [-0.3, -0.25) is 4.79 Å². The monoisotopic (exact) mass is 296 g/mol. The van der Waals surface area contributed by atoms with Crippen LogP contribution >= 0.6 is 11.8 Å². The highest BCUT2D eigenvalue weighted by Gasteiger charge is 2.54. The summed E-state index contributed by atoms with van der Waals surface area (Å²) < 4.78 is 36.0. The number of fused-ring (bicyclic) bond motifs is 2. The van der Waals surface area contributed by atoms with Gasteiger partial charge in [0.25, 0.3) is 0 Å². The number of carbonyl (C=O) groups excluding carboxylic acids is 1. The predicted molar refractivity (Wildman–Crippen MR) is 68.8 cm³/mol. The minimum absolute atomic E-state index is 0.0716. The zero-order valence-electron chi connectivity index (χ0n) is 10.8. The molecule has 2 heterocycles. The molecule has 1 amide bonds. The summed E-state index contributed by atoms with van der Waals surface area (Å²) in [5.41, 5.74) is -4.63. The molecule has 0 saturated carbocycles. The topological polar surface area (TPSA) is 41.1 Å². The largest absolute Gasteiger partial charge is 0.441 e. The van der Waals surface area contributed by atoms with Crippen LogP contribution in [-0.2, 0) is 4.79 Å². The quantitative estimate of drug-likeness (QED) is 0.765. The highest BCUT2D eigenvalue weighted by molar-refractivity contribution is 8.00. The molecule has 0 radical (unpaired) electrons. The van der Waals surface area contributed by atoms with Crippen molar-refractivity contribution in [3.63, 3.8) is 0 Å². The van der Waals surface area contributed by atoms with Crippen LogP contribution in [0.2, 0.25) is 0 Å². The predicted octanol–water partition coefficient (Wildman–Crippen LogP) is 2.28. The number of thioether (sulfide) groups is 1. The van der Waals surface area contributed by atoms with Crippen LogP contribution in [0.1, 0.15) is 32.6 Å². The molecular weight excluding hydrogens is 277 g/mol. The van der Waals surface area contributed by atoms with Crippen molar-refractivity contribution in [1.29, 1.82) is 0 Å². The fourth-order valence-corrected chi connectivity index (χ4v) is 3.74. The van der Waals surface area contributed by atoms with Gasteiger partial charge in [-0.1, -0.05) is 6.92 Å². The highest BCUT2D eigenvalue weighted by atomic mass is 32.2. The molecule has 3 nitrogen and oxygen atoms in total. The molecule has 0 unspecified atom stereocenters. The third-order valence-corrected chi connectivity index (χ3v) is 4.99. The molecule has 2 bridgehead atoms. The standard InChI is InChI=1S/C12H19F3N2OS/c1-2-11(7-8-3-4-9(11)17-8)10(18)16-5-6-19-12(13,14)15/h8-9,17H,2-7H2,1H3,(H,16,18)/t8-,9+,11+/m0/s1. The van der Waals surface area contributed by atoms with Crippen LogP contribution in [0.25, 0.3) is 0 Å². The molecule has 2 N–H and O–H groups in total. The molecule has 110 valence electrons. The molecule has 0 aliphatic carbocycles. The van der Waals surface area contributed by atoms with Crippen molar-refractivity contribution in [3.8, 4) is 0 Å². The van der Waals surface area contributed by atoms with Gasteiger partial charge in [0.05, 0.1) is 5.41 Å². The van der Waals surface area contributed by atoms with E-state index >= 15 is 0 Å². The number of hydrogen-bond donors (Lipinski definition) is 2. The molecule has 7 heteroatoms. The van der Waals surface area contributed by atoms with Crippen LogP contribution in [0.3, 0.4) is 0 Å². The Bertz CT molecular complexity index is 350. The summed E-state index contributed by atoms with van der Waals surface area (Å²) in [6, 6.07) is 0.595. The lowest BCUT2D eigenvalue weighted by Gasteiger charge is -2.34. The van der Waals surface area contributed by atoms with E-state index in [1.807, 2.05) is 6.92 Å².